The number of aliphatic hydroxyl groups is 1. The summed E-state index contributed by atoms with van der Waals surface area (Å²) in [7, 11) is 0. The van der Waals surface area contributed by atoms with Gasteiger partial charge in [-0.25, -0.2) is 9.97 Å². The predicted molar refractivity (Wildman–Crippen MR) is 73.4 cm³/mol. The summed E-state index contributed by atoms with van der Waals surface area (Å²) in [6, 6.07) is 5.58. The van der Waals surface area contributed by atoms with Gasteiger partial charge in [-0.2, -0.15) is 0 Å². The van der Waals surface area contributed by atoms with Gasteiger partial charge in [-0.1, -0.05) is 0 Å². The van der Waals surface area contributed by atoms with Crippen LogP contribution in [0.15, 0.2) is 24.5 Å². The van der Waals surface area contributed by atoms with E-state index in [0.717, 1.165) is 36.1 Å². The molecule has 1 aromatic carbocycles. The number of nitrogens with zero attached hydrogens (tertiary/aromatic N) is 2. The molecule has 2 aromatic rings. The summed E-state index contributed by atoms with van der Waals surface area (Å²) in [6.45, 7) is 2.56. The Bertz CT molecular complexity index is 527. The number of fused-ring (bicyclic) bond motifs is 1. The van der Waals surface area contributed by atoms with E-state index in [2.05, 4.69) is 15.3 Å². The van der Waals surface area contributed by atoms with E-state index in [1.54, 1.807) is 6.92 Å². The third kappa shape index (κ3) is 3.07. The molecule has 0 saturated carbocycles. The van der Waals surface area contributed by atoms with Crippen molar-refractivity contribution in [3.8, 4) is 0 Å². The third-order valence-electron chi connectivity index (χ3n) is 2.75. The van der Waals surface area contributed by atoms with Crippen LogP contribution in [0, 0.1) is 0 Å². The van der Waals surface area contributed by atoms with E-state index in [1.807, 2.05) is 18.2 Å². The highest BCUT2D eigenvalue weighted by molar-refractivity contribution is 5.91. The number of benzene rings is 1. The number of aliphatic hydroxyl groups excluding tert-OH is 1. The first-order valence-corrected chi connectivity index (χ1v) is 6.09. The summed E-state index contributed by atoms with van der Waals surface area (Å²) < 4.78 is 0. The molecule has 0 saturated heterocycles. The highest BCUT2D eigenvalue weighted by Crippen LogP contribution is 2.21. The Morgan fingerprint density at radius 2 is 2.22 bits per heavy atom. The first-order chi connectivity index (χ1) is 8.66. The largest absolute Gasteiger partial charge is 0.399 e. The fourth-order valence-corrected chi connectivity index (χ4v) is 1.82. The number of anilines is 2. The lowest BCUT2D eigenvalue weighted by atomic mass is 10.2. The van der Waals surface area contributed by atoms with E-state index in [9.17, 15) is 5.11 Å². The van der Waals surface area contributed by atoms with Gasteiger partial charge in [-0.15, -0.1) is 0 Å². The molecule has 0 spiro atoms. The number of nitrogens with one attached hydrogen (secondary N) is 1. The van der Waals surface area contributed by atoms with Crippen molar-refractivity contribution in [1.29, 1.82) is 0 Å². The van der Waals surface area contributed by atoms with Gasteiger partial charge in [-0.3, -0.25) is 0 Å². The number of rotatable bonds is 5. The van der Waals surface area contributed by atoms with Gasteiger partial charge in [0.25, 0.3) is 0 Å². The molecule has 0 amide bonds. The molecular formula is C13H18N4O. The van der Waals surface area contributed by atoms with Crippen LogP contribution in [0.2, 0.25) is 0 Å². The zero-order valence-corrected chi connectivity index (χ0v) is 10.4. The Hall–Kier alpha value is -1.88. The molecular weight excluding hydrogens is 228 g/mol. The van der Waals surface area contributed by atoms with Crippen molar-refractivity contribution in [2.45, 2.75) is 25.9 Å². The molecule has 4 N–H and O–H groups in total. The minimum atomic E-state index is -0.260. The van der Waals surface area contributed by atoms with E-state index in [0.29, 0.717) is 5.69 Å². The van der Waals surface area contributed by atoms with Gasteiger partial charge in [-0.05, 0) is 38.0 Å². The molecule has 1 atom stereocenters. The second-order valence-electron chi connectivity index (χ2n) is 4.42. The molecule has 1 aromatic heterocycles. The quantitative estimate of drug-likeness (QED) is 0.553. The van der Waals surface area contributed by atoms with Gasteiger partial charge >= 0.3 is 0 Å². The average molecular weight is 246 g/mol. The Morgan fingerprint density at radius 3 is 3.00 bits per heavy atom. The summed E-state index contributed by atoms with van der Waals surface area (Å²) in [5.74, 6) is 0.790. The summed E-state index contributed by atoms with van der Waals surface area (Å²) in [4.78, 5) is 8.42. The lowest BCUT2D eigenvalue weighted by molar-refractivity contribution is 0.183. The number of nitrogens with two attached hydrogens (primary N) is 1. The minimum absolute atomic E-state index is 0.260. The molecule has 1 heterocycles. The zero-order chi connectivity index (χ0) is 13.0. The second-order valence-corrected chi connectivity index (χ2v) is 4.42. The van der Waals surface area contributed by atoms with Crippen molar-refractivity contribution >= 4 is 22.4 Å². The minimum Gasteiger partial charge on any atom is -0.399 e. The van der Waals surface area contributed by atoms with E-state index < -0.39 is 0 Å². The van der Waals surface area contributed by atoms with E-state index in [4.69, 9.17) is 5.73 Å². The molecule has 5 nitrogen and oxygen atoms in total. The van der Waals surface area contributed by atoms with E-state index in [-0.39, 0.29) is 6.10 Å². The highest BCUT2D eigenvalue weighted by Gasteiger charge is 2.03. The smallest absolute Gasteiger partial charge is 0.137 e. The Labute approximate surface area is 106 Å². The SMILES string of the molecule is CC(O)CCCNc1ncnc2ccc(N)cc12. The number of aromatic nitrogens is 2. The van der Waals surface area contributed by atoms with Crippen LogP contribution in [-0.2, 0) is 0 Å². The molecule has 0 radical (unpaired) electrons. The number of nitrogen functional groups attached to an aromatic ring is 1. The topological polar surface area (TPSA) is 84.1 Å². The van der Waals surface area contributed by atoms with Crippen LogP contribution in [0.3, 0.4) is 0 Å². The fraction of sp³-hybridized carbons (Fsp3) is 0.385. The molecule has 5 heteroatoms. The van der Waals surface area contributed by atoms with Gasteiger partial charge in [0.1, 0.15) is 12.1 Å². The van der Waals surface area contributed by atoms with Crippen LogP contribution in [0.4, 0.5) is 11.5 Å². The molecule has 1 unspecified atom stereocenters. The molecule has 96 valence electrons. The van der Waals surface area contributed by atoms with E-state index in [1.165, 1.54) is 6.33 Å². The van der Waals surface area contributed by atoms with Crippen molar-refractivity contribution in [2.75, 3.05) is 17.6 Å². The summed E-state index contributed by atoms with van der Waals surface area (Å²) in [5.41, 5.74) is 7.34. The summed E-state index contributed by atoms with van der Waals surface area (Å²) >= 11 is 0. The summed E-state index contributed by atoms with van der Waals surface area (Å²) in [5, 5.41) is 13.4. The van der Waals surface area contributed by atoms with Crippen LogP contribution in [-0.4, -0.2) is 27.7 Å². The number of hydrogen-bond acceptors (Lipinski definition) is 5. The molecule has 0 aliphatic heterocycles. The predicted octanol–water partition coefficient (Wildman–Crippen LogP) is 1.78. The molecule has 0 aliphatic carbocycles. The maximum atomic E-state index is 9.19. The second kappa shape index (κ2) is 5.64. The normalized spacial score (nSPS) is 12.6. The van der Waals surface area contributed by atoms with Gasteiger partial charge < -0.3 is 16.2 Å². The van der Waals surface area contributed by atoms with Crippen molar-refractivity contribution in [1.82, 2.24) is 9.97 Å². The van der Waals surface area contributed by atoms with Crippen LogP contribution >= 0.6 is 0 Å². The highest BCUT2D eigenvalue weighted by atomic mass is 16.3. The van der Waals surface area contributed by atoms with E-state index >= 15 is 0 Å². The standard InChI is InChI=1S/C13H18N4O/c1-9(18)3-2-6-15-13-11-7-10(14)4-5-12(11)16-8-17-13/h4-5,7-9,18H,2-3,6,14H2,1H3,(H,15,16,17). The van der Waals surface area contributed by atoms with Gasteiger partial charge in [0.15, 0.2) is 0 Å². The average Bonchev–Trinajstić information content (AvgIpc) is 2.34. The maximum absolute atomic E-state index is 9.19. The molecule has 0 aliphatic rings. The Morgan fingerprint density at radius 1 is 1.39 bits per heavy atom. The molecule has 0 bridgehead atoms. The van der Waals surface area contributed by atoms with Gasteiger partial charge in [0.05, 0.1) is 11.6 Å². The lowest BCUT2D eigenvalue weighted by Gasteiger charge is -2.09. The Balaban J connectivity index is 2.10. The molecule has 2 rings (SSSR count). The number of hydrogen-bond donors (Lipinski definition) is 3. The maximum Gasteiger partial charge on any atom is 0.137 e. The Kier molecular flexibility index (Phi) is 3.94. The van der Waals surface area contributed by atoms with Crippen LogP contribution < -0.4 is 11.1 Å². The van der Waals surface area contributed by atoms with Crippen molar-refractivity contribution in [2.24, 2.45) is 0 Å². The van der Waals surface area contributed by atoms with Crippen LogP contribution in [0.5, 0.6) is 0 Å². The zero-order valence-electron chi connectivity index (χ0n) is 10.4. The van der Waals surface area contributed by atoms with Gasteiger partial charge in [0, 0.05) is 17.6 Å². The first kappa shape index (κ1) is 12.6. The molecule has 0 fully saturated rings. The third-order valence-corrected chi connectivity index (χ3v) is 2.75. The van der Waals surface area contributed by atoms with Crippen LogP contribution in [0.25, 0.3) is 10.9 Å². The van der Waals surface area contributed by atoms with Crippen LogP contribution in [0.1, 0.15) is 19.8 Å². The molecule has 18 heavy (non-hydrogen) atoms. The van der Waals surface area contributed by atoms with Crippen molar-refractivity contribution < 1.29 is 5.11 Å². The lowest BCUT2D eigenvalue weighted by Crippen LogP contribution is -2.08. The van der Waals surface area contributed by atoms with Gasteiger partial charge in [0.2, 0.25) is 0 Å². The summed E-state index contributed by atoms with van der Waals surface area (Å²) in [6.07, 6.45) is 2.95. The van der Waals surface area contributed by atoms with Crippen molar-refractivity contribution in [3.63, 3.8) is 0 Å². The first-order valence-electron chi connectivity index (χ1n) is 6.09. The fourth-order valence-electron chi connectivity index (χ4n) is 1.82. The monoisotopic (exact) mass is 246 g/mol. The van der Waals surface area contributed by atoms with Crippen molar-refractivity contribution in [3.05, 3.63) is 24.5 Å².